The summed E-state index contributed by atoms with van der Waals surface area (Å²) >= 11 is 0. The van der Waals surface area contributed by atoms with Crippen LogP contribution in [0.25, 0.3) is 0 Å². The first kappa shape index (κ1) is 16.1. The van der Waals surface area contributed by atoms with Crippen LogP contribution in [-0.2, 0) is 5.60 Å². The molecular weight excluding hydrogens is 296 g/mol. The number of nitrogen functional groups attached to an aromatic ring is 1. The first-order valence-electron chi connectivity index (χ1n) is 4.79. The van der Waals surface area contributed by atoms with Crippen molar-refractivity contribution in [1.82, 2.24) is 0 Å². The monoisotopic (exact) mass is 302 g/mol. The summed E-state index contributed by atoms with van der Waals surface area (Å²) in [5, 5.41) is 19.8. The molecule has 0 unspecified atom stereocenters. The quantitative estimate of drug-likeness (QED) is 0.629. The van der Waals surface area contributed by atoms with Crippen molar-refractivity contribution >= 4 is 11.7 Å². The van der Waals surface area contributed by atoms with Gasteiger partial charge in [-0.2, -0.15) is 26.3 Å². The Morgan fingerprint density at radius 1 is 1.10 bits per heavy atom. The topological polar surface area (TPSA) is 86.4 Å². The highest BCUT2D eigenvalue weighted by Crippen LogP contribution is 2.50. The Bertz CT molecular complexity index is 523. The molecule has 0 bridgehead atoms. The minimum Gasteiger partial charge on any atom is -0.545 e. The van der Waals surface area contributed by atoms with Crippen LogP contribution < -0.4 is 10.8 Å². The molecule has 0 radical (unpaired) electrons. The van der Waals surface area contributed by atoms with E-state index >= 15 is 0 Å². The first-order valence-corrected chi connectivity index (χ1v) is 4.79. The molecule has 0 saturated heterocycles. The number of carbonyl (C=O) groups excluding carboxylic acids is 1. The second-order valence-electron chi connectivity index (χ2n) is 3.80. The summed E-state index contributed by atoms with van der Waals surface area (Å²) in [6.07, 6.45) is -12.4. The van der Waals surface area contributed by atoms with Gasteiger partial charge in [0.1, 0.15) is 0 Å². The van der Waals surface area contributed by atoms with Crippen LogP contribution in [0.5, 0.6) is 0 Å². The number of benzene rings is 1. The number of anilines is 1. The number of hydrogen-bond acceptors (Lipinski definition) is 4. The molecule has 1 rings (SSSR count). The van der Waals surface area contributed by atoms with Crippen LogP contribution in [0.1, 0.15) is 15.9 Å². The van der Waals surface area contributed by atoms with Crippen molar-refractivity contribution < 1.29 is 41.4 Å². The van der Waals surface area contributed by atoms with E-state index < -0.39 is 40.7 Å². The molecular formula is C10H6F6NO3-. The van der Waals surface area contributed by atoms with E-state index in [0.717, 1.165) is 0 Å². The van der Waals surface area contributed by atoms with Crippen LogP contribution in [0.4, 0.5) is 32.0 Å². The van der Waals surface area contributed by atoms with Gasteiger partial charge < -0.3 is 20.7 Å². The smallest absolute Gasteiger partial charge is 0.430 e. The molecule has 0 spiro atoms. The number of nitrogens with two attached hydrogens (primary N) is 1. The average Bonchev–Trinajstić information content (AvgIpc) is 2.24. The molecule has 112 valence electrons. The maximum Gasteiger partial charge on any atom is 0.430 e. The predicted molar refractivity (Wildman–Crippen MR) is 51.2 cm³/mol. The molecule has 0 aliphatic rings. The average molecular weight is 302 g/mol. The van der Waals surface area contributed by atoms with E-state index in [0.29, 0.717) is 12.1 Å². The second kappa shape index (κ2) is 4.54. The molecule has 0 saturated carbocycles. The molecule has 0 fully saturated rings. The highest BCUT2D eigenvalue weighted by Gasteiger charge is 2.72. The van der Waals surface area contributed by atoms with Gasteiger partial charge in [-0.3, -0.25) is 0 Å². The van der Waals surface area contributed by atoms with E-state index in [1.54, 1.807) is 0 Å². The molecule has 10 heteroatoms. The lowest BCUT2D eigenvalue weighted by Crippen LogP contribution is -2.55. The summed E-state index contributed by atoms with van der Waals surface area (Å²) in [4.78, 5) is 10.7. The summed E-state index contributed by atoms with van der Waals surface area (Å²) in [7, 11) is 0. The van der Waals surface area contributed by atoms with Gasteiger partial charge in [-0.25, -0.2) is 0 Å². The fourth-order valence-electron chi connectivity index (χ4n) is 1.51. The van der Waals surface area contributed by atoms with Crippen molar-refractivity contribution in [3.63, 3.8) is 0 Å². The number of carboxylic acids is 1. The maximum atomic E-state index is 12.6. The zero-order chi connectivity index (χ0) is 15.9. The maximum absolute atomic E-state index is 12.6. The van der Waals surface area contributed by atoms with Gasteiger partial charge in [-0.15, -0.1) is 0 Å². The SMILES string of the molecule is Nc1ccc(C(O)(C(F)(F)F)C(F)(F)F)c(C(=O)[O-])c1. The number of halogens is 6. The molecule has 0 aromatic heterocycles. The molecule has 0 heterocycles. The summed E-state index contributed by atoms with van der Waals surface area (Å²) < 4.78 is 75.7. The van der Waals surface area contributed by atoms with E-state index in [9.17, 15) is 36.2 Å². The van der Waals surface area contributed by atoms with E-state index in [1.165, 1.54) is 0 Å². The second-order valence-corrected chi connectivity index (χ2v) is 3.80. The van der Waals surface area contributed by atoms with Gasteiger partial charge >= 0.3 is 12.4 Å². The Morgan fingerprint density at radius 3 is 1.90 bits per heavy atom. The molecule has 3 N–H and O–H groups in total. The van der Waals surface area contributed by atoms with Crippen molar-refractivity contribution in [3.05, 3.63) is 29.3 Å². The lowest BCUT2D eigenvalue weighted by Gasteiger charge is -2.34. The van der Waals surface area contributed by atoms with Crippen LogP contribution in [0.15, 0.2) is 18.2 Å². The third kappa shape index (κ3) is 2.38. The van der Waals surface area contributed by atoms with Gasteiger partial charge in [-0.05, 0) is 12.1 Å². The van der Waals surface area contributed by atoms with Gasteiger partial charge in [0.05, 0.1) is 5.97 Å². The van der Waals surface area contributed by atoms with E-state index in [2.05, 4.69) is 0 Å². The Balaban J connectivity index is 3.73. The minimum atomic E-state index is -6.19. The van der Waals surface area contributed by atoms with Gasteiger partial charge in [0.15, 0.2) is 0 Å². The fourth-order valence-corrected chi connectivity index (χ4v) is 1.51. The predicted octanol–water partition coefficient (Wildman–Crippen LogP) is 0.944. The van der Waals surface area contributed by atoms with Crippen molar-refractivity contribution in [2.45, 2.75) is 18.0 Å². The number of hydrogen-bond donors (Lipinski definition) is 2. The Morgan fingerprint density at radius 2 is 1.55 bits per heavy atom. The number of aromatic carboxylic acids is 1. The summed E-state index contributed by atoms with van der Waals surface area (Å²) in [6, 6.07) is 1.08. The van der Waals surface area contributed by atoms with Crippen LogP contribution in [0.2, 0.25) is 0 Å². The molecule has 0 aliphatic carbocycles. The van der Waals surface area contributed by atoms with Gasteiger partial charge in [0.2, 0.25) is 0 Å². The van der Waals surface area contributed by atoms with E-state index in [-0.39, 0.29) is 6.07 Å². The van der Waals surface area contributed by atoms with E-state index in [1.807, 2.05) is 0 Å². The van der Waals surface area contributed by atoms with Gasteiger partial charge in [0.25, 0.3) is 5.60 Å². The number of carboxylic acid groups (broad SMARTS) is 1. The lowest BCUT2D eigenvalue weighted by molar-refractivity contribution is -0.376. The fraction of sp³-hybridized carbons (Fsp3) is 0.300. The Labute approximate surface area is 107 Å². The van der Waals surface area contributed by atoms with Crippen molar-refractivity contribution in [1.29, 1.82) is 0 Å². The largest absolute Gasteiger partial charge is 0.545 e. The van der Waals surface area contributed by atoms with Crippen LogP contribution in [-0.4, -0.2) is 23.4 Å². The van der Waals surface area contributed by atoms with Crippen molar-refractivity contribution in [2.75, 3.05) is 5.73 Å². The molecule has 0 amide bonds. The molecule has 1 aromatic carbocycles. The first-order chi connectivity index (χ1) is 8.82. The molecule has 4 nitrogen and oxygen atoms in total. The number of carbonyl (C=O) groups is 1. The Kier molecular flexibility index (Phi) is 3.66. The van der Waals surface area contributed by atoms with Crippen LogP contribution in [0.3, 0.4) is 0 Å². The molecule has 0 atom stereocenters. The number of alkyl halides is 6. The zero-order valence-electron chi connectivity index (χ0n) is 9.34. The molecule has 0 aliphatic heterocycles. The third-order valence-corrected chi connectivity index (χ3v) is 2.47. The minimum absolute atomic E-state index is 0.140. The lowest BCUT2D eigenvalue weighted by atomic mass is 9.88. The van der Waals surface area contributed by atoms with E-state index in [4.69, 9.17) is 10.8 Å². The molecule has 20 heavy (non-hydrogen) atoms. The Hall–Kier alpha value is -1.97. The van der Waals surface area contributed by atoms with Crippen molar-refractivity contribution in [2.24, 2.45) is 0 Å². The normalized spacial score (nSPS) is 13.3. The third-order valence-electron chi connectivity index (χ3n) is 2.47. The van der Waals surface area contributed by atoms with Gasteiger partial charge in [0, 0.05) is 16.8 Å². The number of aliphatic hydroxyl groups is 1. The highest BCUT2D eigenvalue weighted by molar-refractivity contribution is 5.89. The standard InChI is InChI=1S/C10H7F6NO3/c11-9(12,13)8(20,10(14,15)16)6-2-1-4(17)3-5(6)7(18)19/h1-3,20H,17H2,(H,18,19)/p-1. The van der Waals surface area contributed by atoms with Gasteiger partial charge in [-0.1, -0.05) is 6.07 Å². The zero-order valence-corrected chi connectivity index (χ0v) is 9.34. The summed E-state index contributed by atoms with van der Waals surface area (Å²) in [5.41, 5.74) is -4.06. The van der Waals surface area contributed by atoms with Crippen molar-refractivity contribution in [3.8, 4) is 0 Å². The van der Waals surface area contributed by atoms with Crippen LogP contribution in [0, 0.1) is 0 Å². The van der Waals surface area contributed by atoms with Crippen LogP contribution >= 0.6 is 0 Å². The highest BCUT2D eigenvalue weighted by atomic mass is 19.4. The number of rotatable bonds is 2. The molecule has 1 aromatic rings. The summed E-state index contributed by atoms with van der Waals surface area (Å²) in [6.45, 7) is 0. The summed E-state index contributed by atoms with van der Waals surface area (Å²) in [5.74, 6) is -2.33.